The first-order valence-electron chi connectivity index (χ1n) is 5.10. The molecule has 0 heterocycles. The number of likely N-dealkylation sites (N-methyl/N-ethyl adjacent to an activating group) is 1. The molecule has 15 heavy (non-hydrogen) atoms. The summed E-state index contributed by atoms with van der Waals surface area (Å²) in [6, 6.07) is -0.437. The molecule has 0 unspecified atom stereocenters. The number of carbonyl (C=O) groups excluding carboxylic acids is 2. The molecule has 0 saturated carbocycles. The first kappa shape index (κ1) is 13.9. The molecule has 0 rings (SSSR count). The summed E-state index contributed by atoms with van der Waals surface area (Å²) in [4.78, 5) is 23.9. The van der Waals surface area contributed by atoms with Crippen LogP contribution in [0.5, 0.6) is 0 Å². The fourth-order valence-corrected chi connectivity index (χ4v) is 1.13. The highest BCUT2D eigenvalue weighted by molar-refractivity contribution is 5.81. The van der Waals surface area contributed by atoms with E-state index in [1.165, 1.54) is 7.11 Å². The highest BCUT2D eigenvalue weighted by Gasteiger charge is 2.15. The molecule has 0 fully saturated rings. The maximum Gasteiger partial charge on any atom is 0.305 e. The van der Waals surface area contributed by atoms with Gasteiger partial charge in [0.2, 0.25) is 5.91 Å². The zero-order valence-electron chi connectivity index (χ0n) is 9.66. The van der Waals surface area contributed by atoms with Gasteiger partial charge in [0.15, 0.2) is 0 Å². The van der Waals surface area contributed by atoms with Crippen molar-refractivity contribution in [2.45, 2.75) is 32.2 Å². The monoisotopic (exact) mass is 216 g/mol. The van der Waals surface area contributed by atoms with E-state index in [0.29, 0.717) is 25.8 Å². The van der Waals surface area contributed by atoms with Crippen LogP contribution in [0.1, 0.15) is 26.2 Å². The van der Waals surface area contributed by atoms with Crippen LogP contribution in [0.25, 0.3) is 0 Å². The number of hydrogen-bond acceptors (Lipinski definition) is 4. The largest absolute Gasteiger partial charge is 0.469 e. The first-order valence-corrected chi connectivity index (χ1v) is 5.10. The Kier molecular flexibility index (Phi) is 6.70. The molecule has 1 amide bonds. The summed E-state index contributed by atoms with van der Waals surface area (Å²) in [5, 5.41) is 0. The lowest BCUT2D eigenvalue weighted by Gasteiger charge is -2.20. The van der Waals surface area contributed by atoms with Gasteiger partial charge in [0.05, 0.1) is 13.2 Å². The van der Waals surface area contributed by atoms with Gasteiger partial charge < -0.3 is 15.4 Å². The van der Waals surface area contributed by atoms with Gasteiger partial charge in [0.25, 0.3) is 0 Å². The molecule has 0 aromatic carbocycles. The van der Waals surface area contributed by atoms with E-state index >= 15 is 0 Å². The summed E-state index contributed by atoms with van der Waals surface area (Å²) in [5.74, 6) is -0.335. The molecule has 0 aliphatic carbocycles. The van der Waals surface area contributed by atoms with Gasteiger partial charge >= 0.3 is 5.97 Å². The van der Waals surface area contributed by atoms with Crippen molar-refractivity contribution in [2.75, 3.05) is 20.7 Å². The number of amides is 1. The van der Waals surface area contributed by atoms with Crippen LogP contribution in [0, 0.1) is 0 Å². The lowest BCUT2D eigenvalue weighted by molar-refractivity contribution is -0.141. The molecule has 2 N–H and O–H groups in total. The van der Waals surface area contributed by atoms with Crippen molar-refractivity contribution in [3.63, 3.8) is 0 Å². The van der Waals surface area contributed by atoms with Gasteiger partial charge in [-0.3, -0.25) is 9.59 Å². The SMILES string of the molecule is CC[C@@H](N)C(=O)N(C)CCCC(=O)OC. The predicted octanol–water partition coefficient (Wildman–Crippen LogP) is 0.135. The van der Waals surface area contributed by atoms with Crippen molar-refractivity contribution in [1.82, 2.24) is 4.90 Å². The van der Waals surface area contributed by atoms with E-state index < -0.39 is 6.04 Å². The molecule has 5 heteroatoms. The minimum atomic E-state index is -0.437. The average Bonchev–Trinajstić information content (AvgIpc) is 2.26. The van der Waals surface area contributed by atoms with E-state index in [2.05, 4.69) is 4.74 Å². The maximum absolute atomic E-state index is 11.5. The summed E-state index contributed by atoms with van der Waals surface area (Å²) in [6.45, 7) is 2.40. The molecule has 0 aromatic heterocycles. The number of rotatable bonds is 6. The van der Waals surface area contributed by atoms with Crippen LogP contribution < -0.4 is 5.73 Å². The van der Waals surface area contributed by atoms with Gasteiger partial charge in [-0.05, 0) is 12.8 Å². The fourth-order valence-electron chi connectivity index (χ4n) is 1.13. The number of nitrogens with zero attached hydrogens (tertiary/aromatic N) is 1. The minimum Gasteiger partial charge on any atom is -0.469 e. The Morgan fingerprint density at radius 2 is 2.07 bits per heavy atom. The highest BCUT2D eigenvalue weighted by atomic mass is 16.5. The van der Waals surface area contributed by atoms with Crippen molar-refractivity contribution in [1.29, 1.82) is 0 Å². The Labute approximate surface area is 90.6 Å². The zero-order valence-corrected chi connectivity index (χ0v) is 9.66. The first-order chi connectivity index (χ1) is 7.02. The second-order valence-corrected chi connectivity index (χ2v) is 3.45. The molecule has 0 aliphatic heterocycles. The van der Waals surface area contributed by atoms with Crippen molar-refractivity contribution in [3.05, 3.63) is 0 Å². The van der Waals surface area contributed by atoms with E-state index in [-0.39, 0.29) is 11.9 Å². The second kappa shape index (κ2) is 7.23. The molecule has 0 aliphatic rings. The summed E-state index contributed by atoms with van der Waals surface area (Å²) in [7, 11) is 3.04. The van der Waals surface area contributed by atoms with Crippen LogP contribution in [0.15, 0.2) is 0 Å². The Morgan fingerprint density at radius 3 is 2.53 bits per heavy atom. The van der Waals surface area contributed by atoms with E-state index in [4.69, 9.17) is 5.73 Å². The van der Waals surface area contributed by atoms with Gasteiger partial charge in [0.1, 0.15) is 0 Å². The molecular weight excluding hydrogens is 196 g/mol. The van der Waals surface area contributed by atoms with Gasteiger partial charge in [-0.25, -0.2) is 0 Å². The fraction of sp³-hybridized carbons (Fsp3) is 0.800. The molecule has 1 atom stereocenters. The summed E-state index contributed by atoms with van der Waals surface area (Å²) in [6.07, 6.45) is 1.56. The minimum absolute atomic E-state index is 0.0811. The molecule has 88 valence electrons. The standard InChI is InChI=1S/C10H20N2O3/c1-4-8(11)10(14)12(2)7-5-6-9(13)15-3/h8H,4-7,11H2,1-3H3/t8-/m1/s1. The van der Waals surface area contributed by atoms with Crippen LogP contribution in [0.2, 0.25) is 0 Å². The lowest BCUT2D eigenvalue weighted by atomic mass is 10.2. The highest BCUT2D eigenvalue weighted by Crippen LogP contribution is 1.98. The number of ether oxygens (including phenoxy) is 1. The summed E-state index contributed by atoms with van der Waals surface area (Å²) >= 11 is 0. The average molecular weight is 216 g/mol. The smallest absolute Gasteiger partial charge is 0.305 e. The number of nitrogens with two attached hydrogens (primary N) is 1. The molecule has 0 saturated heterocycles. The van der Waals surface area contributed by atoms with E-state index in [9.17, 15) is 9.59 Å². The lowest BCUT2D eigenvalue weighted by Crippen LogP contribution is -2.41. The quantitative estimate of drug-likeness (QED) is 0.641. The number of methoxy groups -OCH3 is 1. The second-order valence-electron chi connectivity index (χ2n) is 3.45. The van der Waals surface area contributed by atoms with Gasteiger partial charge in [-0.1, -0.05) is 6.92 Å². The topological polar surface area (TPSA) is 72.6 Å². The number of carbonyl (C=O) groups is 2. The molecule has 0 bridgehead atoms. The maximum atomic E-state index is 11.5. The molecule has 0 aromatic rings. The Hall–Kier alpha value is -1.10. The Morgan fingerprint density at radius 1 is 1.47 bits per heavy atom. The Balaban J connectivity index is 3.78. The van der Waals surface area contributed by atoms with Gasteiger partial charge in [0, 0.05) is 20.0 Å². The van der Waals surface area contributed by atoms with Crippen molar-refractivity contribution in [2.24, 2.45) is 5.73 Å². The Bertz CT molecular complexity index is 219. The summed E-state index contributed by atoms with van der Waals surface area (Å²) < 4.78 is 4.49. The van der Waals surface area contributed by atoms with Gasteiger partial charge in [-0.2, -0.15) is 0 Å². The van der Waals surface area contributed by atoms with Crippen LogP contribution in [-0.2, 0) is 14.3 Å². The third-order valence-corrected chi connectivity index (χ3v) is 2.24. The number of esters is 1. The van der Waals surface area contributed by atoms with Crippen LogP contribution in [0.3, 0.4) is 0 Å². The third kappa shape index (κ3) is 5.37. The molecule has 5 nitrogen and oxygen atoms in total. The normalized spacial score (nSPS) is 12.0. The van der Waals surface area contributed by atoms with Crippen molar-refractivity contribution >= 4 is 11.9 Å². The molecule has 0 radical (unpaired) electrons. The van der Waals surface area contributed by atoms with Crippen molar-refractivity contribution in [3.8, 4) is 0 Å². The molecule has 0 spiro atoms. The van der Waals surface area contributed by atoms with Gasteiger partial charge in [-0.15, -0.1) is 0 Å². The van der Waals surface area contributed by atoms with Crippen LogP contribution in [0.4, 0.5) is 0 Å². The number of hydrogen-bond donors (Lipinski definition) is 1. The summed E-state index contributed by atoms with van der Waals surface area (Å²) in [5.41, 5.74) is 5.59. The van der Waals surface area contributed by atoms with Crippen LogP contribution >= 0.6 is 0 Å². The van der Waals surface area contributed by atoms with E-state index in [1.54, 1.807) is 11.9 Å². The molecular formula is C10H20N2O3. The predicted molar refractivity (Wildman–Crippen MR) is 57.2 cm³/mol. The van der Waals surface area contributed by atoms with Crippen LogP contribution in [-0.4, -0.2) is 43.5 Å². The van der Waals surface area contributed by atoms with E-state index in [1.807, 2.05) is 6.92 Å². The third-order valence-electron chi connectivity index (χ3n) is 2.24. The van der Waals surface area contributed by atoms with E-state index in [0.717, 1.165) is 0 Å². The zero-order chi connectivity index (χ0) is 11.8. The van der Waals surface area contributed by atoms with Crippen molar-refractivity contribution < 1.29 is 14.3 Å².